The van der Waals surface area contributed by atoms with Crippen LogP contribution < -0.4 is 16.4 Å². The molecule has 0 radical (unpaired) electrons. The average Bonchev–Trinajstić information content (AvgIpc) is 2.70. The molecule has 0 bridgehead atoms. The van der Waals surface area contributed by atoms with E-state index in [0.717, 1.165) is 4.21 Å². The summed E-state index contributed by atoms with van der Waals surface area (Å²) in [5, 5.41) is 5.33. The second kappa shape index (κ2) is 7.22. The van der Waals surface area contributed by atoms with E-state index in [2.05, 4.69) is 15.6 Å². The lowest BCUT2D eigenvalue weighted by Gasteiger charge is -2.07. The number of amides is 3. The summed E-state index contributed by atoms with van der Waals surface area (Å²) in [6, 6.07) is -0.460. The SMILES string of the molecule is CC(C)CNC(=O)NC(=O)CSc1cnc(N)s1. The Morgan fingerprint density at radius 2 is 2.28 bits per heavy atom. The topological polar surface area (TPSA) is 97.1 Å². The number of anilines is 1. The molecule has 0 saturated heterocycles. The zero-order valence-corrected chi connectivity index (χ0v) is 11.9. The molecule has 3 amide bonds. The van der Waals surface area contributed by atoms with Gasteiger partial charge in [0.25, 0.3) is 0 Å². The van der Waals surface area contributed by atoms with Crippen LogP contribution in [0.5, 0.6) is 0 Å². The molecule has 1 aromatic rings. The Hall–Kier alpha value is -1.28. The van der Waals surface area contributed by atoms with Gasteiger partial charge in [0, 0.05) is 6.54 Å². The van der Waals surface area contributed by atoms with E-state index in [1.54, 1.807) is 6.20 Å². The molecule has 100 valence electrons. The Morgan fingerprint density at radius 3 is 2.83 bits per heavy atom. The molecule has 0 spiro atoms. The number of carbonyl (C=O) groups excluding carboxylic acids is 2. The number of nitrogens with two attached hydrogens (primary N) is 1. The fourth-order valence-electron chi connectivity index (χ4n) is 0.979. The van der Waals surface area contributed by atoms with Gasteiger partial charge in [-0.05, 0) is 5.92 Å². The number of nitrogen functional groups attached to an aromatic ring is 1. The first-order chi connectivity index (χ1) is 8.47. The van der Waals surface area contributed by atoms with Crippen LogP contribution in [0, 0.1) is 5.92 Å². The standard InChI is InChI=1S/C10H16N4O2S2/c1-6(2)3-13-10(16)14-7(15)5-17-8-4-12-9(11)18-8/h4,6H,3,5H2,1-2H3,(H2,11,12)(H2,13,14,15,16). The maximum absolute atomic E-state index is 11.4. The molecule has 0 unspecified atom stereocenters. The number of aromatic nitrogens is 1. The van der Waals surface area contributed by atoms with E-state index in [1.165, 1.54) is 23.1 Å². The number of carbonyl (C=O) groups is 2. The van der Waals surface area contributed by atoms with Gasteiger partial charge < -0.3 is 11.1 Å². The van der Waals surface area contributed by atoms with Crippen LogP contribution >= 0.6 is 23.1 Å². The van der Waals surface area contributed by atoms with Crippen LogP contribution in [0.1, 0.15) is 13.8 Å². The summed E-state index contributed by atoms with van der Waals surface area (Å²) in [4.78, 5) is 26.6. The minimum absolute atomic E-state index is 0.163. The number of thiazole rings is 1. The molecular formula is C10H16N4O2S2. The summed E-state index contributed by atoms with van der Waals surface area (Å²) in [5.74, 6) is 0.171. The van der Waals surface area contributed by atoms with Gasteiger partial charge in [-0.2, -0.15) is 0 Å². The molecule has 0 aliphatic heterocycles. The molecule has 0 aliphatic rings. The number of thioether (sulfide) groups is 1. The number of rotatable bonds is 5. The van der Waals surface area contributed by atoms with Crippen molar-refractivity contribution in [1.29, 1.82) is 0 Å². The highest BCUT2D eigenvalue weighted by atomic mass is 32.2. The summed E-state index contributed by atoms with van der Waals surface area (Å²) in [5.41, 5.74) is 5.46. The largest absolute Gasteiger partial charge is 0.375 e. The van der Waals surface area contributed by atoms with Crippen LogP contribution in [-0.4, -0.2) is 29.2 Å². The molecule has 0 aromatic carbocycles. The van der Waals surface area contributed by atoms with Crippen LogP contribution in [0.25, 0.3) is 0 Å². The molecule has 1 aromatic heterocycles. The van der Waals surface area contributed by atoms with Crippen LogP contribution in [0.15, 0.2) is 10.4 Å². The maximum Gasteiger partial charge on any atom is 0.321 e. The van der Waals surface area contributed by atoms with E-state index in [4.69, 9.17) is 5.73 Å². The number of nitrogens with zero attached hydrogens (tertiary/aromatic N) is 1. The molecule has 1 heterocycles. The van der Waals surface area contributed by atoms with Crippen molar-refractivity contribution < 1.29 is 9.59 Å². The van der Waals surface area contributed by atoms with E-state index >= 15 is 0 Å². The fourth-order valence-corrected chi connectivity index (χ4v) is 2.54. The molecule has 8 heteroatoms. The van der Waals surface area contributed by atoms with Gasteiger partial charge in [0.15, 0.2) is 5.13 Å². The molecule has 6 nitrogen and oxygen atoms in total. The number of urea groups is 1. The molecule has 0 fully saturated rings. The van der Waals surface area contributed by atoms with Gasteiger partial charge in [-0.15, -0.1) is 11.8 Å². The summed E-state index contributed by atoms with van der Waals surface area (Å²) in [6.07, 6.45) is 1.61. The molecular weight excluding hydrogens is 272 g/mol. The minimum Gasteiger partial charge on any atom is -0.375 e. The van der Waals surface area contributed by atoms with Gasteiger partial charge >= 0.3 is 6.03 Å². The van der Waals surface area contributed by atoms with E-state index < -0.39 is 6.03 Å². The first kappa shape index (κ1) is 14.8. The molecule has 0 saturated carbocycles. The second-order valence-corrected chi connectivity index (χ2v) is 6.30. The Labute approximate surface area is 114 Å². The predicted octanol–water partition coefficient (Wildman–Crippen LogP) is 1.30. The molecule has 0 aliphatic carbocycles. The lowest BCUT2D eigenvalue weighted by atomic mass is 10.2. The van der Waals surface area contributed by atoms with E-state index in [0.29, 0.717) is 17.6 Å². The summed E-state index contributed by atoms with van der Waals surface area (Å²) in [7, 11) is 0. The lowest BCUT2D eigenvalue weighted by molar-refractivity contribution is -0.117. The Kier molecular flexibility index (Phi) is 5.93. The van der Waals surface area contributed by atoms with Crippen molar-refractivity contribution in [3.8, 4) is 0 Å². The Bertz CT molecular complexity index is 420. The fraction of sp³-hybridized carbons (Fsp3) is 0.500. The Balaban J connectivity index is 2.23. The van der Waals surface area contributed by atoms with Crippen molar-refractivity contribution in [3.05, 3.63) is 6.20 Å². The third-order valence-corrected chi connectivity index (χ3v) is 3.79. The van der Waals surface area contributed by atoms with Crippen molar-refractivity contribution in [1.82, 2.24) is 15.6 Å². The van der Waals surface area contributed by atoms with Crippen molar-refractivity contribution >= 4 is 40.2 Å². The number of hydrogen-bond donors (Lipinski definition) is 3. The van der Waals surface area contributed by atoms with Crippen molar-refractivity contribution in [3.63, 3.8) is 0 Å². The van der Waals surface area contributed by atoms with Gasteiger partial charge in [-0.25, -0.2) is 9.78 Å². The number of imide groups is 1. The molecule has 0 atom stereocenters. The van der Waals surface area contributed by atoms with Crippen LogP contribution in [-0.2, 0) is 4.79 Å². The Morgan fingerprint density at radius 1 is 1.56 bits per heavy atom. The first-order valence-corrected chi connectivity index (χ1v) is 7.19. The summed E-state index contributed by atoms with van der Waals surface area (Å²) < 4.78 is 0.852. The van der Waals surface area contributed by atoms with E-state index in [9.17, 15) is 9.59 Å². The van der Waals surface area contributed by atoms with Crippen LogP contribution in [0.4, 0.5) is 9.93 Å². The maximum atomic E-state index is 11.4. The molecule has 4 N–H and O–H groups in total. The third-order valence-electron chi connectivity index (χ3n) is 1.77. The van der Waals surface area contributed by atoms with Crippen molar-refractivity contribution in [2.45, 2.75) is 18.1 Å². The highest BCUT2D eigenvalue weighted by Crippen LogP contribution is 2.25. The average molecular weight is 288 g/mol. The van der Waals surface area contributed by atoms with Gasteiger partial charge in [0.05, 0.1) is 16.2 Å². The quantitative estimate of drug-likeness (QED) is 0.710. The number of hydrogen-bond acceptors (Lipinski definition) is 6. The molecule has 18 heavy (non-hydrogen) atoms. The third kappa shape index (κ3) is 5.87. The summed E-state index contributed by atoms with van der Waals surface area (Å²) in [6.45, 7) is 4.50. The predicted molar refractivity (Wildman–Crippen MR) is 73.6 cm³/mol. The second-order valence-electron chi connectivity index (χ2n) is 3.96. The highest BCUT2D eigenvalue weighted by molar-refractivity contribution is 8.01. The van der Waals surface area contributed by atoms with Crippen LogP contribution in [0.2, 0.25) is 0 Å². The number of nitrogens with one attached hydrogen (secondary N) is 2. The van der Waals surface area contributed by atoms with Crippen molar-refractivity contribution in [2.75, 3.05) is 18.0 Å². The smallest absolute Gasteiger partial charge is 0.321 e. The monoisotopic (exact) mass is 288 g/mol. The van der Waals surface area contributed by atoms with Gasteiger partial charge in [0.2, 0.25) is 5.91 Å². The van der Waals surface area contributed by atoms with E-state index in [1.807, 2.05) is 13.8 Å². The zero-order chi connectivity index (χ0) is 13.5. The van der Waals surface area contributed by atoms with Crippen LogP contribution in [0.3, 0.4) is 0 Å². The van der Waals surface area contributed by atoms with Crippen molar-refractivity contribution in [2.24, 2.45) is 5.92 Å². The van der Waals surface area contributed by atoms with Gasteiger partial charge in [-0.1, -0.05) is 25.2 Å². The molecule has 1 rings (SSSR count). The minimum atomic E-state index is -0.460. The zero-order valence-electron chi connectivity index (χ0n) is 10.2. The van der Waals surface area contributed by atoms with Gasteiger partial charge in [-0.3, -0.25) is 10.1 Å². The lowest BCUT2D eigenvalue weighted by Crippen LogP contribution is -2.41. The highest BCUT2D eigenvalue weighted by Gasteiger charge is 2.09. The normalized spacial score (nSPS) is 10.4. The first-order valence-electron chi connectivity index (χ1n) is 5.39. The summed E-state index contributed by atoms with van der Waals surface area (Å²) >= 11 is 2.61. The van der Waals surface area contributed by atoms with Gasteiger partial charge in [0.1, 0.15) is 0 Å². The van der Waals surface area contributed by atoms with E-state index in [-0.39, 0.29) is 11.7 Å².